The molecule has 2 aromatic rings. The molecule has 0 aliphatic rings. The van der Waals surface area contributed by atoms with E-state index >= 15 is 0 Å². The van der Waals surface area contributed by atoms with Gasteiger partial charge < -0.3 is 9.64 Å². The lowest BCUT2D eigenvalue weighted by Gasteiger charge is -2.15. The largest absolute Gasteiger partial charge is 0.465 e. The normalized spacial score (nSPS) is 11.0. The summed E-state index contributed by atoms with van der Waals surface area (Å²) in [4.78, 5) is 18.2. The third-order valence-corrected chi connectivity index (χ3v) is 4.09. The lowest BCUT2D eigenvalue weighted by atomic mass is 10.2. The minimum Gasteiger partial charge on any atom is -0.465 e. The highest BCUT2D eigenvalue weighted by atomic mass is 16.5. The van der Waals surface area contributed by atoms with Crippen molar-refractivity contribution in [1.82, 2.24) is 24.9 Å². The molecule has 0 saturated carbocycles. The van der Waals surface area contributed by atoms with Crippen LogP contribution in [0.3, 0.4) is 0 Å². The summed E-state index contributed by atoms with van der Waals surface area (Å²) in [6.07, 6.45) is 8.52. The Balaban J connectivity index is 1.89. The van der Waals surface area contributed by atoms with Gasteiger partial charge in [0.05, 0.1) is 31.1 Å². The number of rotatable bonds is 10. The molecule has 0 aliphatic heterocycles. The summed E-state index contributed by atoms with van der Waals surface area (Å²) in [5, 5.41) is 8.31. The molecule has 0 aliphatic carbocycles. The average Bonchev–Trinajstić information content (AvgIpc) is 3.12. The third-order valence-electron chi connectivity index (χ3n) is 4.09. The van der Waals surface area contributed by atoms with Gasteiger partial charge in [0.1, 0.15) is 5.69 Å². The summed E-state index contributed by atoms with van der Waals surface area (Å²) in [5.41, 5.74) is 1.72. The SMILES string of the molecule is CCCCCCN(C)CCn1cc(-c2cc(C(=O)OC)ccn2)nn1. The first-order valence-corrected chi connectivity index (χ1v) is 8.77. The van der Waals surface area contributed by atoms with Gasteiger partial charge in [0.2, 0.25) is 0 Å². The molecule has 0 unspecified atom stereocenters. The second kappa shape index (κ2) is 9.88. The fourth-order valence-corrected chi connectivity index (χ4v) is 2.53. The Bertz CT molecular complexity index is 671. The van der Waals surface area contributed by atoms with Crippen molar-refractivity contribution in [1.29, 1.82) is 0 Å². The van der Waals surface area contributed by atoms with Gasteiger partial charge >= 0.3 is 5.97 Å². The molecule has 7 heteroatoms. The standard InChI is InChI=1S/C18H27N5O2/c1-4-5-6-7-10-22(2)11-12-23-14-17(20-21-23)16-13-15(8-9-19-16)18(24)25-3/h8-9,13-14H,4-7,10-12H2,1-3H3. The van der Waals surface area contributed by atoms with Gasteiger partial charge in [0.15, 0.2) is 0 Å². The molecular weight excluding hydrogens is 318 g/mol. The van der Waals surface area contributed by atoms with Gasteiger partial charge in [-0.15, -0.1) is 5.10 Å². The van der Waals surface area contributed by atoms with Crippen LogP contribution in [0, 0.1) is 0 Å². The Labute approximate surface area is 149 Å². The van der Waals surface area contributed by atoms with Crippen LogP contribution in [0.25, 0.3) is 11.4 Å². The Morgan fingerprint density at radius 3 is 2.84 bits per heavy atom. The number of hydrogen-bond donors (Lipinski definition) is 0. The third kappa shape index (κ3) is 5.94. The van der Waals surface area contributed by atoms with Crippen LogP contribution in [0.5, 0.6) is 0 Å². The first kappa shape index (κ1) is 19.1. The molecule has 2 rings (SSSR count). The molecular formula is C18H27N5O2. The topological polar surface area (TPSA) is 73.1 Å². The van der Waals surface area contributed by atoms with Crippen LogP contribution in [0.4, 0.5) is 0 Å². The van der Waals surface area contributed by atoms with Crippen molar-refractivity contribution >= 4 is 5.97 Å². The van der Waals surface area contributed by atoms with Gasteiger partial charge in [0.25, 0.3) is 0 Å². The number of ether oxygens (including phenoxy) is 1. The maximum absolute atomic E-state index is 11.6. The summed E-state index contributed by atoms with van der Waals surface area (Å²) in [7, 11) is 3.49. The lowest BCUT2D eigenvalue weighted by molar-refractivity contribution is 0.0600. The fourth-order valence-electron chi connectivity index (χ4n) is 2.53. The number of aromatic nitrogens is 4. The van der Waals surface area contributed by atoms with Crippen LogP contribution in [0.15, 0.2) is 24.5 Å². The quantitative estimate of drug-likeness (QED) is 0.487. The van der Waals surface area contributed by atoms with E-state index in [9.17, 15) is 4.79 Å². The number of unbranched alkanes of at least 4 members (excludes halogenated alkanes) is 3. The zero-order valence-electron chi connectivity index (χ0n) is 15.3. The second-order valence-corrected chi connectivity index (χ2v) is 6.15. The summed E-state index contributed by atoms with van der Waals surface area (Å²) in [6.45, 7) is 5.02. The van der Waals surface area contributed by atoms with Gasteiger partial charge in [-0.3, -0.25) is 9.67 Å². The van der Waals surface area contributed by atoms with Crippen LogP contribution in [-0.4, -0.2) is 58.1 Å². The number of esters is 1. The minimum absolute atomic E-state index is 0.388. The van der Waals surface area contributed by atoms with Crippen molar-refractivity contribution in [3.05, 3.63) is 30.1 Å². The molecule has 0 saturated heterocycles. The van der Waals surface area contributed by atoms with E-state index in [1.165, 1.54) is 32.8 Å². The van der Waals surface area contributed by atoms with Crippen LogP contribution < -0.4 is 0 Å². The van der Waals surface area contributed by atoms with Gasteiger partial charge in [-0.1, -0.05) is 31.4 Å². The number of hydrogen-bond acceptors (Lipinski definition) is 6. The Morgan fingerprint density at radius 1 is 1.24 bits per heavy atom. The number of carbonyl (C=O) groups is 1. The zero-order chi connectivity index (χ0) is 18.1. The van der Waals surface area contributed by atoms with Crippen LogP contribution >= 0.6 is 0 Å². The Morgan fingerprint density at radius 2 is 2.08 bits per heavy atom. The first-order chi connectivity index (χ1) is 12.1. The van der Waals surface area contributed by atoms with E-state index in [4.69, 9.17) is 4.74 Å². The molecule has 0 fully saturated rings. The summed E-state index contributed by atoms with van der Waals surface area (Å²) in [5.74, 6) is -0.388. The van der Waals surface area contributed by atoms with E-state index in [0.717, 1.165) is 19.6 Å². The Kier molecular flexibility index (Phi) is 7.53. The number of nitrogens with zero attached hydrogens (tertiary/aromatic N) is 5. The first-order valence-electron chi connectivity index (χ1n) is 8.77. The van der Waals surface area contributed by atoms with Crippen molar-refractivity contribution in [2.45, 2.75) is 39.2 Å². The second-order valence-electron chi connectivity index (χ2n) is 6.15. The van der Waals surface area contributed by atoms with E-state index in [0.29, 0.717) is 17.0 Å². The predicted molar refractivity (Wildman–Crippen MR) is 96.2 cm³/mol. The zero-order valence-corrected chi connectivity index (χ0v) is 15.3. The number of methoxy groups -OCH3 is 1. The molecule has 0 N–H and O–H groups in total. The van der Waals surface area contributed by atoms with Crippen molar-refractivity contribution < 1.29 is 9.53 Å². The minimum atomic E-state index is -0.388. The van der Waals surface area contributed by atoms with Crippen LogP contribution in [0.1, 0.15) is 43.0 Å². The molecule has 0 amide bonds. The van der Waals surface area contributed by atoms with Crippen LogP contribution in [0.2, 0.25) is 0 Å². The van der Waals surface area contributed by atoms with Gasteiger partial charge in [-0.05, 0) is 32.1 Å². The number of likely N-dealkylation sites (N-methyl/N-ethyl adjacent to an activating group) is 1. The van der Waals surface area contributed by atoms with E-state index in [2.05, 4.69) is 34.2 Å². The van der Waals surface area contributed by atoms with E-state index in [-0.39, 0.29) is 5.97 Å². The maximum atomic E-state index is 11.6. The highest BCUT2D eigenvalue weighted by molar-refractivity contribution is 5.90. The highest BCUT2D eigenvalue weighted by Gasteiger charge is 2.10. The van der Waals surface area contributed by atoms with Gasteiger partial charge in [0, 0.05) is 12.7 Å². The molecule has 2 aromatic heterocycles. The van der Waals surface area contributed by atoms with E-state index in [1.54, 1.807) is 18.3 Å². The summed E-state index contributed by atoms with van der Waals surface area (Å²) >= 11 is 0. The number of carbonyl (C=O) groups excluding carboxylic acids is 1. The van der Waals surface area contributed by atoms with E-state index in [1.807, 2.05) is 10.9 Å². The summed E-state index contributed by atoms with van der Waals surface area (Å²) in [6, 6.07) is 3.29. The van der Waals surface area contributed by atoms with Crippen molar-refractivity contribution in [2.24, 2.45) is 0 Å². The maximum Gasteiger partial charge on any atom is 0.337 e. The molecule has 0 spiro atoms. The van der Waals surface area contributed by atoms with Crippen molar-refractivity contribution in [3.8, 4) is 11.4 Å². The van der Waals surface area contributed by atoms with Crippen molar-refractivity contribution in [2.75, 3.05) is 27.2 Å². The van der Waals surface area contributed by atoms with Gasteiger partial charge in [-0.2, -0.15) is 0 Å². The van der Waals surface area contributed by atoms with Crippen LogP contribution in [-0.2, 0) is 11.3 Å². The number of pyridine rings is 1. The van der Waals surface area contributed by atoms with Gasteiger partial charge in [-0.25, -0.2) is 4.79 Å². The predicted octanol–water partition coefficient (Wildman–Crippen LogP) is 2.64. The molecule has 7 nitrogen and oxygen atoms in total. The molecule has 0 atom stereocenters. The molecule has 136 valence electrons. The molecule has 0 bridgehead atoms. The Hall–Kier alpha value is -2.28. The average molecular weight is 345 g/mol. The molecule has 0 aromatic carbocycles. The van der Waals surface area contributed by atoms with E-state index < -0.39 is 0 Å². The molecule has 2 heterocycles. The highest BCUT2D eigenvalue weighted by Crippen LogP contribution is 2.15. The lowest BCUT2D eigenvalue weighted by Crippen LogP contribution is -2.24. The van der Waals surface area contributed by atoms with Crippen molar-refractivity contribution in [3.63, 3.8) is 0 Å². The monoisotopic (exact) mass is 345 g/mol. The fraction of sp³-hybridized carbons (Fsp3) is 0.556. The molecule has 0 radical (unpaired) electrons. The molecule has 25 heavy (non-hydrogen) atoms. The summed E-state index contributed by atoms with van der Waals surface area (Å²) < 4.78 is 6.54. The smallest absolute Gasteiger partial charge is 0.337 e.